The molecule has 0 bridgehead atoms. The van der Waals surface area contributed by atoms with Crippen LogP contribution < -0.4 is 11.5 Å². The van der Waals surface area contributed by atoms with Crippen molar-refractivity contribution in [2.75, 3.05) is 11.5 Å². The van der Waals surface area contributed by atoms with E-state index in [1.165, 1.54) is 5.56 Å². The van der Waals surface area contributed by atoms with Crippen molar-refractivity contribution in [3.05, 3.63) is 77.1 Å². The second kappa shape index (κ2) is 7.84. The molecule has 0 amide bonds. The van der Waals surface area contributed by atoms with Gasteiger partial charge in [0.2, 0.25) is 0 Å². The average Bonchev–Trinajstić information content (AvgIpc) is 3.02. The van der Waals surface area contributed by atoms with Crippen LogP contribution in [0, 0.1) is 13.8 Å². The second-order valence-corrected chi connectivity index (χ2v) is 5.32. The van der Waals surface area contributed by atoms with E-state index in [0.29, 0.717) is 11.4 Å². The minimum Gasteiger partial charge on any atom is -0.397 e. The summed E-state index contributed by atoms with van der Waals surface area (Å²) >= 11 is 0. The van der Waals surface area contributed by atoms with Crippen molar-refractivity contribution in [2.24, 2.45) is 0 Å². The SMILES string of the molecule is Cc1cc(N)c(N)cc1C=Cc1ccccc1.Cc1ccn[nH]1. The van der Waals surface area contributed by atoms with Gasteiger partial charge in [-0.2, -0.15) is 5.10 Å². The number of nitrogen functional groups attached to an aromatic ring is 2. The highest BCUT2D eigenvalue weighted by atomic mass is 15.1. The quantitative estimate of drug-likeness (QED) is 0.493. The van der Waals surface area contributed by atoms with Crippen molar-refractivity contribution >= 4 is 23.5 Å². The maximum Gasteiger partial charge on any atom is 0.0553 e. The zero-order valence-corrected chi connectivity index (χ0v) is 13.5. The number of nitrogens with two attached hydrogens (primary N) is 2. The van der Waals surface area contributed by atoms with Gasteiger partial charge in [0.15, 0.2) is 0 Å². The summed E-state index contributed by atoms with van der Waals surface area (Å²) in [6.45, 7) is 3.99. The van der Waals surface area contributed by atoms with Crippen LogP contribution in [0.15, 0.2) is 54.7 Å². The van der Waals surface area contributed by atoms with Gasteiger partial charge in [-0.05, 0) is 48.7 Å². The molecular weight excluding hydrogens is 284 g/mol. The van der Waals surface area contributed by atoms with E-state index in [0.717, 1.165) is 16.8 Å². The van der Waals surface area contributed by atoms with Crippen LogP contribution in [0.3, 0.4) is 0 Å². The number of nitrogens with one attached hydrogen (secondary N) is 1. The molecule has 0 aliphatic heterocycles. The lowest BCUT2D eigenvalue weighted by atomic mass is 10.0. The molecule has 0 aliphatic rings. The summed E-state index contributed by atoms with van der Waals surface area (Å²) in [6, 6.07) is 15.9. The molecule has 0 fully saturated rings. The maximum absolute atomic E-state index is 5.80. The fourth-order valence-electron chi connectivity index (χ4n) is 2.02. The van der Waals surface area contributed by atoms with Crippen molar-refractivity contribution < 1.29 is 0 Å². The van der Waals surface area contributed by atoms with Crippen LogP contribution in [0.5, 0.6) is 0 Å². The number of H-pyrrole nitrogens is 1. The molecule has 1 aromatic heterocycles. The van der Waals surface area contributed by atoms with Gasteiger partial charge in [0, 0.05) is 11.9 Å². The minimum atomic E-state index is 0.628. The monoisotopic (exact) mass is 306 g/mol. The zero-order valence-electron chi connectivity index (χ0n) is 13.5. The largest absolute Gasteiger partial charge is 0.397 e. The molecule has 0 radical (unpaired) electrons. The first-order valence-corrected chi connectivity index (χ1v) is 7.41. The number of rotatable bonds is 2. The Balaban J connectivity index is 0.000000268. The topological polar surface area (TPSA) is 80.7 Å². The molecule has 0 aliphatic carbocycles. The molecule has 3 aromatic rings. The van der Waals surface area contributed by atoms with Crippen molar-refractivity contribution in [3.63, 3.8) is 0 Å². The van der Waals surface area contributed by atoms with Gasteiger partial charge < -0.3 is 11.5 Å². The Labute approximate surface area is 136 Å². The molecule has 2 aromatic carbocycles. The standard InChI is InChI=1S/C15H16N2.C4H6N2/c1-11-9-14(16)15(17)10-13(11)8-7-12-5-3-2-4-6-12;1-4-2-3-5-6-4/h2-10H,16-17H2,1H3;2-3H,1H3,(H,5,6). The molecule has 0 atom stereocenters. The molecule has 5 N–H and O–H groups in total. The van der Waals surface area contributed by atoms with Gasteiger partial charge in [-0.25, -0.2) is 0 Å². The molecule has 118 valence electrons. The molecule has 3 rings (SSSR count). The first-order chi connectivity index (χ1) is 11.1. The third-order valence-electron chi connectivity index (χ3n) is 3.37. The van der Waals surface area contributed by atoms with Gasteiger partial charge in [-0.1, -0.05) is 42.5 Å². The van der Waals surface area contributed by atoms with Crippen molar-refractivity contribution in [1.29, 1.82) is 0 Å². The summed E-state index contributed by atoms with van der Waals surface area (Å²) in [4.78, 5) is 0. The number of aromatic nitrogens is 2. The number of aromatic amines is 1. The molecule has 0 saturated carbocycles. The Kier molecular flexibility index (Phi) is 5.58. The van der Waals surface area contributed by atoms with E-state index in [1.54, 1.807) is 6.20 Å². The Bertz CT molecular complexity index is 760. The number of aryl methyl sites for hydroxylation is 2. The molecule has 4 nitrogen and oxygen atoms in total. The Morgan fingerprint density at radius 1 is 0.913 bits per heavy atom. The third-order valence-corrected chi connectivity index (χ3v) is 3.37. The van der Waals surface area contributed by atoms with Crippen molar-refractivity contribution in [1.82, 2.24) is 10.2 Å². The van der Waals surface area contributed by atoms with Crippen molar-refractivity contribution in [2.45, 2.75) is 13.8 Å². The summed E-state index contributed by atoms with van der Waals surface area (Å²) < 4.78 is 0. The number of hydrogen-bond acceptors (Lipinski definition) is 3. The molecule has 0 unspecified atom stereocenters. The van der Waals surface area contributed by atoms with Crippen LogP contribution in [-0.2, 0) is 0 Å². The van der Waals surface area contributed by atoms with E-state index < -0.39 is 0 Å². The summed E-state index contributed by atoms with van der Waals surface area (Å²) in [6.07, 6.45) is 5.85. The van der Waals surface area contributed by atoms with Crippen LogP contribution in [0.25, 0.3) is 12.2 Å². The predicted octanol–water partition coefficient (Wildman–Crippen LogP) is 4.05. The normalized spacial score (nSPS) is 10.3. The van der Waals surface area contributed by atoms with E-state index in [2.05, 4.69) is 34.5 Å². The lowest BCUT2D eigenvalue weighted by Gasteiger charge is -2.05. The summed E-state index contributed by atoms with van der Waals surface area (Å²) in [5.41, 5.74) is 17.3. The van der Waals surface area contributed by atoms with Gasteiger partial charge in [0.25, 0.3) is 0 Å². The number of benzene rings is 2. The molecule has 0 saturated heterocycles. The van der Waals surface area contributed by atoms with Gasteiger partial charge >= 0.3 is 0 Å². The van der Waals surface area contributed by atoms with Crippen LogP contribution >= 0.6 is 0 Å². The van der Waals surface area contributed by atoms with Gasteiger partial charge in [0.05, 0.1) is 11.4 Å². The fourth-order valence-corrected chi connectivity index (χ4v) is 2.02. The van der Waals surface area contributed by atoms with Crippen LogP contribution in [0.4, 0.5) is 11.4 Å². The van der Waals surface area contributed by atoms with Gasteiger partial charge in [-0.3, -0.25) is 5.10 Å². The van der Waals surface area contributed by atoms with Crippen LogP contribution in [0.2, 0.25) is 0 Å². The number of hydrogen-bond donors (Lipinski definition) is 3. The molecule has 1 heterocycles. The molecule has 23 heavy (non-hydrogen) atoms. The first kappa shape index (κ1) is 16.4. The number of nitrogens with zero attached hydrogens (tertiary/aromatic N) is 1. The highest BCUT2D eigenvalue weighted by Crippen LogP contribution is 2.22. The Morgan fingerprint density at radius 3 is 2.17 bits per heavy atom. The second-order valence-electron chi connectivity index (χ2n) is 5.32. The van der Waals surface area contributed by atoms with Crippen molar-refractivity contribution in [3.8, 4) is 0 Å². The lowest BCUT2D eigenvalue weighted by Crippen LogP contribution is -1.96. The molecule has 0 spiro atoms. The van der Waals surface area contributed by atoms with Gasteiger partial charge in [0.1, 0.15) is 0 Å². The van der Waals surface area contributed by atoms with E-state index in [9.17, 15) is 0 Å². The number of anilines is 2. The van der Waals surface area contributed by atoms with E-state index >= 15 is 0 Å². The molecule has 4 heteroatoms. The van der Waals surface area contributed by atoms with E-state index in [1.807, 2.05) is 50.2 Å². The van der Waals surface area contributed by atoms with E-state index in [4.69, 9.17) is 11.5 Å². The summed E-state index contributed by atoms with van der Waals surface area (Å²) in [5.74, 6) is 0. The Hall–Kier alpha value is -3.01. The third kappa shape index (κ3) is 5.04. The van der Waals surface area contributed by atoms with E-state index in [-0.39, 0.29) is 0 Å². The van der Waals surface area contributed by atoms with Gasteiger partial charge in [-0.15, -0.1) is 0 Å². The minimum absolute atomic E-state index is 0.628. The van der Waals surface area contributed by atoms with Crippen LogP contribution in [-0.4, -0.2) is 10.2 Å². The fraction of sp³-hybridized carbons (Fsp3) is 0.105. The highest BCUT2D eigenvalue weighted by molar-refractivity contribution is 5.76. The lowest BCUT2D eigenvalue weighted by molar-refractivity contribution is 1.05. The Morgan fingerprint density at radius 2 is 1.61 bits per heavy atom. The smallest absolute Gasteiger partial charge is 0.0553 e. The zero-order chi connectivity index (χ0) is 16.7. The first-order valence-electron chi connectivity index (χ1n) is 7.41. The summed E-state index contributed by atoms with van der Waals surface area (Å²) in [5, 5.41) is 6.45. The average molecular weight is 306 g/mol. The summed E-state index contributed by atoms with van der Waals surface area (Å²) in [7, 11) is 0. The predicted molar refractivity (Wildman–Crippen MR) is 98.7 cm³/mol. The highest BCUT2D eigenvalue weighted by Gasteiger charge is 1.99. The van der Waals surface area contributed by atoms with Crippen LogP contribution in [0.1, 0.15) is 22.4 Å². The maximum atomic E-state index is 5.80. The molecular formula is C19H22N4.